The van der Waals surface area contributed by atoms with Crippen LogP contribution in [-0.4, -0.2) is 33.4 Å². The van der Waals surface area contributed by atoms with E-state index in [0.29, 0.717) is 5.82 Å². The molecule has 0 aliphatic carbocycles. The number of amides is 2. The molecule has 1 aromatic rings. The molecule has 22 heavy (non-hydrogen) atoms. The summed E-state index contributed by atoms with van der Waals surface area (Å²) in [6, 6.07) is 1.41. The monoisotopic (exact) mass is 310 g/mol. The normalized spacial score (nSPS) is 12.1. The van der Waals surface area contributed by atoms with E-state index in [4.69, 9.17) is 5.11 Å². The smallest absolute Gasteiger partial charge is 0.320 e. The van der Waals surface area contributed by atoms with Gasteiger partial charge in [-0.2, -0.15) is 5.10 Å². The van der Waals surface area contributed by atoms with Gasteiger partial charge in [0.05, 0.1) is 17.7 Å². The molecule has 0 atom stereocenters. The molecule has 124 valence electrons. The van der Waals surface area contributed by atoms with Crippen molar-refractivity contribution in [3.63, 3.8) is 0 Å². The number of nitrogens with zero attached hydrogens (tertiary/aromatic N) is 2. The summed E-state index contributed by atoms with van der Waals surface area (Å²) in [7, 11) is 0. The molecule has 0 aliphatic heterocycles. The van der Waals surface area contributed by atoms with E-state index in [9.17, 15) is 9.59 Å². The molecular formula is C15H26N4O3. The molecule has 0 unspecified atom stereocenters. The van der Waals surface area contributed by atoms with Gasteiger partial charge in [0.1, 0.15) is 5.82 Å². The van der Waals surface area contributed by atoms with Gasteiger partial charge in [0.15, 0.2) is 0 Å². The maximum absolute atomic E-state index is 11.9. The molecule has 7 nitrogen and oxygen atoms in total. The van der Waals surface area contributed by atoms with Gasteiger partial charge >= 0.3 is 12.0 Å². The van der Waals surface area contributed by atoms with Gasteiger partial charge in [-0.25, -0.2) is 9.48 Å². The molecule has 0 radical (unpaired) electrons. The van der Waals surface area contributed by atoms with Gasteiger partial charge in [-0.05, 0) is 20.8 Å². The molecule has 7 heteroatoms. The lowest BCUT2D eigenvalue weighted by Crippen LogP contribution is -2.33. The van der Waals surface area contributed by atoms with E-state index in [1.165, 1.54) is 0 Å². The Morgan fingerprint density at radius 3 is 2.27 bits per heavy atom. The number of aliphatic carboxylic acids is 1. The number of carbonyl (C=O) groups is 2. The summed E-state index contributed by atoms with van der Waals surface area (Å²) in [5.41, 5.74) is 0.461. The Kier molecular flexibility index (Phi) is 5.22. The van der Waals surface area contributed by atoms with Gasteiger partial charge in [0.2, 0.25) is 0 Å². The highest BCUT2D eigenvalue weighted by Gasteiger charge is 2.25. The highest BCUT2D eigenvalue weighted by molar-refractivity contribution is 5.88. The van der Waals surface area contributed by atoms with E-state index in [1.54, 1.807) is 4.68 Å². The predicted molar refractivity (Wildman–Crippen MR) is 85.2 cm³/mol. The van der Waals surface area contributed by atoms with Crippen molar-refractivity contribution in [3.05, 3.63) is 11.8 Å². The minimum Gasteiger partial charge on any atom is -0.481 e. The summed E-state index contributed by atoms with van der Waals surface area (Å²) in [4.78, 5) is 22.3. The number of hydrogen-bond donors (Lipinski definition) is 3. The number of carbonyl (C=O) groups excluding carboxylic acids is 1. The molecule has 0 bridgehead atoms. The zero-order chi connectivity index (χ0) is 17.1. The van der Waals surface area contributed by atoms with Crippen molar-refractivity contribution in [2.75, 3.05) is 11.9 Å². The number of urea groups is 1. The fraction of sp³-hybridized carbons (Fsp3) is 0.667. The lowest BCUT2D eigenvalue weighted by Gasteiger charge is -2.23. The van der Waals surface area contributed by atoms with Crippen LogP contribution in [0.3, 0.4) is 0 Å². The van der Waals surface area contributed by atoms with Crippen LogP contribution in [0.15, 0.2) is 6.07 Å². The van der Waals surface area contributed by atoms with E-state index in [2.05, 4.69) is 36.5 Å². The second-order valence-electron chi connectivity index (χ2n) is 7.27. The van der Waals surface area contributed by atoms with Gasteiger partial charge in [-0.1, -0.05) is 20.8 Å². The average molecular weight is 310 g/mol. The molecule has 0 fully saturated rings. The summed E-state index contributed by atoms with van der Waals surface area (Å²) < 4.78 is 1.77. The molecular weight excluding hydrogens is 284 g/mol. The summed E-state index contributed by atoms with van der Waals surface area (Å²) in [6.07, 6.45) is -0.112. The zero-order valence-electron chi connectivity index (χ0n) is 14.1. The van der Waals surface area contributed by atoms with Crippen molar-refractivity contribution in [1.82, 2.24) is 15.1 Å². The van der Waals surface area contributed by atoms with Crippen molar-refractivity contribution >= 4 is 17.8 Å². The number of nitrogens with one attached hydrogen (secondary N) is 2. The second kappa shape index (κ2) is 6.37. The van der Waals surface area contributed by atoms with Crippen LogP contribution in [0.25, 0.3) is 0 Å². The number of hydrogen-bond acceptors (Lipinski definition) is 3. The number of carboxylic acid groups (broad SMARTS) is 1. The quantitative estimate of drug-likeness (QED) is 0.796. The summed E-state index contributed by atoms with van der Waals surface area (Å²) >= 11 is 0. The van der Waals surface area contributed by atoms with Crippen LogP contribution in [0.2, 0.25) is 0 Å². The highest BCUT2D eigenvalue weighted by Crippen LogP contribution is 2.28. The zero-order valence-corrected chi connectivity index (χ0v) is 14.1. The van der Waals surface area contributed by atoms with Crippen molar-refractivity contribution in [2.24, 2.45) is 0 Å². The third-order valence-corrected chi connectivity index (χ3v) is 2.98. The molecule has 0 aromatic carbocycles. The Balaban J connectivity index is 2.91. The fourth-order valence-corrected chi connectivity index (χ4v) is 1.79. The summed E-state index contributed by atoms with van der Waals surface area (Å²) in [5.74, 6) is -0.361. The molecule has 1 heterocycles. The predicted octanol–water partition coefficient (Wildman–Crippen LogP) is 2.53. The highest BCUT2D eigenvalue weighted by atomic mass is 16.4. The van der Waals surface area contributed by atoms with Gasteiger partial charge < -0.3 is 10.4 Å². The van der Waals surface area contributed by atoms with E-state index >= 15 is 0 Å². The van der Waals surface area contributed by atoms with Crippen LogP contribution in [0, 0.1) is 0 Å². The van der Waals surface area contributed by atoms with Crippen LogP contribution >= 0.6 is 0 Å². The molecule has 2 amide bonds. The molecule has 0 saturated heterocycles. The van der Waals surface area contributed by atoms with Gasteiger partial charge in [0, 0.05) is 18.0 Å². The third kappa shape index (κ3) is 5.05. The van der Waals surface area contributed by atoms with Gasteiger partial charge in [-0.15, -0.1) is 0 Å². The van der Waals surface area contributed by atoms with Crippen molar-refractivity contribution < 1.29 is 14.7 Å². The second-order valence-corrected chi connectivity index (χ2v) is 7.27. The standard InChI is InChI=1S/C15H26N4O3/c1-14(2,3)10-9-11(19(18-10)15(4,5)6)17-13(22)16-8-7-12(20)21/h9H,7-8H2,1-6H3,(H,20,21)(H2,16,17,22). The first kappa shape index (κ1) is 18.0. The van der Waals surface area contributed by atoms with E-state index in [-0.39, 0.29) is 23.9 Å². The van der Waals surface area contributed by atoms with Crippen molar-refractivity contribution in [3.8, 4) is 0 Å². The molecule has 1 rings (SSSR count). The third-order valence-electron chi connectivity index (χ3n) is 2.98. The van der Waals surface area contributed by atoms with Crippen LogP contribution in [0.5, 0.6) is 0 Å². The van der Waals surface area contributed by atoms with Crippen LogP contribution in [0.4, 0.5) is 10.6 Å². The maximum Gasteiger partial charge on any atom is 0.320 e. The number of aromatic nitrogens is 2. The van der Waals surface area contributed by atoms with Crippen LogP contribution in [0.1, 0.15) is 53.7 Å². The Morgan fingerprint density at radius 1 is 1.23 bits per heavy atom. The minimum atomic E-state index is -0.949. The minimum absolute atomic E-state index is 0.0803. The Bertz CT molecular complexity index is 550. The number of rotatable bonds is 4. The van der Waals surface area contributed by atoms with E-state index in [1.807, 2.05) is 26.8 Å². The first-order valence-electron chi connectivity index (χ1n) is 7.29. The number of carboxylic acids is 1. The molecule has 1 aromatic heterocycles. The topological polar surface area (TPSA) is 96.3 Å². The summed E-state index contributed by atoms with van der Waals surface area (Å²) in [6.45, 7) is 12.2. The Labute approximate surface area is 131 Å². The van der Waals surface area contributed by atoms with Gasteiger partial charge in [-0.3, -0.25) is 10.1 Å². The molecule has 3 N–H and O–H groups in total. The van der Waals surface area contributed by atoms with Crippen LogP contribution < -0.4 is 10.6 Å². The fourth-order valence-electron chi connectivity index (χ4n) is 1.79. The molecule has 0 aliphatic rings. The Hall–Kier alpha value is -2.05. The molecule has 0 saturated carbocycles. The SMILES string of the molecule is CC(C)(C)c1cc(NC(=O)NCCC(=O)O)n(C(C)(C)C)n1. The van der Waals surface area contributed by atoms with Crippen molar-refractivity contribution in [2.45, 2.75) is 58.9 Å². The van der Waals surface area contributed by atoms with Crippen molar-refractivity contribution in [1.29, 1.82) is 0 Å². The Morgan fingerprint density at radius 2 is 1.82 bits per heavy atom. The number of anilines is 1. The van der Waals surface area contributed by atoms with Gasteiger partial charge in [0.25, 0.3) is 0 Å². The lowest BCUT2D eigenvalue weighted by atomic mass is 9.92. The lowest BCUT2D eigenvalue weighted by molar-refractivity contribution is -0.136. The average Bonchev–Trinajstić information content (AvgIpc) is 2.71. The maximum atomic E-state index is 11.9. The first-order chi connectivity index (χ1) is 9.91. The van der Waals surface area contributed by atoms with E-state index in [0.717, 1.165) is 5.69 Å². The first-order valence-corrected chi connectivity index (χ1v) is 7.29. The summed E-state index contributed by atoms with van der Waals surface area (Å²) in [5, 5.41) is 18.4. The molecule has 0 spiro atoms. The van der Waals surface area contributed by atoms with Crippen LogP contribution in [-0.2, 0) is 15.7 Å². The largest absolute Gasteiger partial charge is 0.481 e. The van der Waals surface area contributed by atoms with E-state index < -0.39 is 12.0 Å².